The van der Waals surface area contributed by atoms with Gasteiger partial charge in [0, 0.05) is 17.3 Å². The van der Waals surface area contributed by atoms with Gasteiger partial charge in [0.05, 0.1) is 17.1 Å². The summed E-state index contributed by atoms with van der Waals surface area (Å²) in [7, 11) is 0. The molecule has 1 unspecified atom stereocenters. The Morgan fingerprint density at radius 2 is 2.32 bits per heavy atom. The average Bonchev–Trinajstić information content (AvgIpc) is 3.12. The number of likely N-dealkylation sites (tertiary alicyclic amines) is 1. The molecular formula is C16H17BrFN2OS+. The van der Waals surface area contributed by atoms with E-state index in [1.807, 2.05) is 6.07 Å². The molecule has 3 nitrogen and oxygen atoms in total. The van der Waals surface area contributed by atoms with Gasteiger partial charge in [-0.3, -0.25) is 4.79 Å². The molecule has 1 aliphatic rings. The van der Waals surface area contributed by atoms with Crippen molar-refractivity contribution < 1.29 is 14.1 Å². The molecule has 1 aliphatic heterocycles. The van der Waals surface area contributed by atoms with E-state index in [2.05, 4.69) is 32.7 Å². The highest BCUT2D eigenvalue weighted by atomic mass is 79.9. The predicted molar refractivity (Wildman–Crippen MR) is 89.7 cm³/mol. The van der Waals surface area contributed by atoms with Gasteiger partial charge < -0.3 is 10.2 Å². The number of rotatable bonds is 4. The van der Waals surface area contributed by atoms with Crippen molar-refractivity contribution in [3.8, 4) is 0 Å². The fourth-order valence-electron chi connectivity index (χ4n) is 2.95. The number of anilines is 1. The SMILES string of the molecule is O=C(C[NH+]1CCC[C@H]1c1cccs1)Nc1ccc(Br)cc1F. The lowest BCUT2D eigenvalue weighted by Gasteiger charge is -2.20. The molecule has 0 spiro atoms. The Labute approximate surface area is 141 Å². The van der Waals surface area contributed by atoms with Crippen molar-refractivity contribution >= 4 is 38.9 Å². The predicted octanol–water partition coefficient (Wildman–Crippen LogP) is 3.01. The fourth-order valence-corrected chi connectivity index (χ4v) is 4.20. The van der Waals surface area contributed by atoms with Crippen LogP contribution >= 0.6 is 27.3 Å². The van der Waals surface area contributed by atoms with E-state index < -0.39 is 5.82 Å². The van der Waals surface area contributed by atoms with Crippen LogP contribution in [-0.4, -0.2) is 19.0 Å². The molecular weight excluding hydrogens is 367 g/mol. The highest BCUT2D eigenvalue weighted by molar-refractivity contribution is 9.10. The number of thiophene rings is 1. The second-order valence-electron chi connectivity index (χ2n) is 5.47. The smallest absolute Gasteiger partial charge is 0.279 e. The molecule has 2 heterocycles. The van der Waals surface area contributed by atoms with Gasteiger partial charge in [0.25, 0.3) is 5.91 Å². The molecule has 2 N–H and O–H groups in total. The monoisotopic (exact) mass is 383 g/mol. The van der Waals surface area contributed by atoms with E-state index in [1.54, 1.807) is 23.5 Å². The molecule has 0 saturated carbocycles. The van der Waals surface area contributed by atoms with Crippen molar-refractivity contribution in [1.82, 2.24) is 0 Å². The van der Waals surface area contributed by atoms with Gasteiger partial charge in [-0.2, -0.15) is 0 Å². The zero-order valence-electron chi connectivity index (χ0n) is 11.9. The third-order valence-corrected chi connectivity index (χ3v) is 5.44. The van der Waals surface area contributed by atoms with Gasteiger partial charge in [-0.15, -0.1) is 11.3 Å². The first-order valence-corrected chi connectivity index (χ1v) is 8.93. The van der Waals surface area contributed by atoms with Gasteiger partial charge in [-0.05, 0) is 29.6 Å². The molecule has 0 radical (unpaired) electrons. The molecule has 1 aromatic carbocycles. The van der Waals surface area contributed by atoms with Crippen LogP contribution in [0.3, 0.4) is 0 Å². The molecule has 1 fully saturated rings. The summed E-state index contributed by atoms with van der Waals surface area (Å²) in [6, 6.07) is 9.22. The minimum atomic E-state index is -0.422. The van der Waals surface area contributed by atoms with Crippen LogP contribution in [0, 0.1) is 5.82 Å². The topological polar surface area (TPSA) is 33.5 Å². The number of hydrogen-bond donors (Lipinski definition) is 2. The zero-order valence-corrected chi connectivity index (χ0v) is 14.3. The van der Waals surface area contributed by atoms with Gasteiger partial charge in [-0.1, -0.05) is 22.0 Å². The minimum absolute atomic E-state index is 0.139. The summed E-state index contributed by atoms with van der Waals surface area (Å²) in [5.41, 5.74) is 0.236. The number of benzene rings is 1. The lowest BCUT2D eigenvalue weighted by atomic mass is 10.2. The maximum Gasteiger partial charge on any atom is 0.279 e. The van der Waals surface area contributed by atoms with Crippen LogP contribution in [0.25, 0.3) is 0 Å². The highest BCUT2D eigenvalue weighted by Gasteiger charge is 2.32. The van der Waals surface area contributed by atoms with Gasteiger partial charge in [0.15, 0.2) is 6.54 Å². The first-order chi connectivity index (χ1) is 10.6. The third kappa shape index (κ3) is 3.56. The van der Waals surface area contributed by atoms with Crippen molar-refractivity contribution in [2.24, 2.45) is 0 Å². The number of hydrogen-bond acceptors (Lipinski definition) is 2. The maximum absolute atomic E-state index is 13.8. The van der Waals surface area contributed by atoms with Crippen LogP contribution < -0.4 is 10.2 Å². The Morgan fingerprint density at radius 1 is 1.45 bits per heavy atom. The van der Waals surface area contributed by atoms with Crippen molar-refractivity contribution in [3.05, 3.63) is 50.9 Å². The van der Waals surface area contributed by atoms with Crippen LogP contribution in [0.2, 0.25) is 0 Å². The Balaban J connectivity index is 1.64. The number of quaternary nitrogens is 1. The molecule has 1 aromatic heterocycles. The van der Waals surface area contributed by atoms with Gasteiger partial charge in [-0.25, -0.2) is 4.39 Å². The Morgan fingerprint density at radius 3 is 3.05 bits per heavy atom. The first-order valence-electron chi connectivity index (χ1n) is 7.26. The molecule has 2 aromatic rings. The zero-order chi connectivity index (χ0) is 15.5. The van der Waals surface area contributed by atoms with Crippen LogP contribution in [0.5, 0.6) is 0 Å². The summed E-state index contributed by atoms with van der Waals surface area (Å²) < 4.78 is 14.4. The van der Waals surface area contributed by atoms with E-state index in [9.17, 15) is 9.18 Å². The Kier molecular flexibility index (Phi) is 4.90. The molecule has 116 valence electrons. The first kappa shape index (κ1) is 15.6. The maximum atomic E-state index is 13.8. The number of amides is 1. The molecule has 0 bridgehead atoms. The lowest BCUT2D eigenvalue weighted by molar-refractivity contribution is -0.910. The van der Waals surface area contributed by atoms with Crippen LogP contribution in [0.15, 0.2) is 40.2 Å². The van der Waals surface area contributed by atoms with Crippen LogP contribution in [0.4, 0.5) is 10.1 Å². The van der Waals surface area contributed by atoms with Crippen molar-refractivity contribution in [3.63, 3.8) is 0 Å². The molecule has 1 amide bonds. The molecule has 22 heavy (non-hydrogen) atoms. The van der Waals surface area contributed by atoms with Crippen LogP contribution in [-0.2, 0) is 4.79 Å². The number of carbonyl (C=O) groups excluding carboxylic acids is 1. The second kappa shape index (κ2) is 6.89. The molecule has 1 saturated heterocycles. The van der Waals surface area contributed by atoms with E-state index in [1.165, 1.54) is 15.8 Å². The molecule has 0 aliphatic carbocycles. The Bertz CT molecular complexity index is 662. The largest absolute Gasteiger partial charge is 0.320 e. The molecule has 3 rings (SSSR count). The van der Waals surface area contributed by atoms with Gasteiger partial charge in [0.2, 0.25) is 0 Å². The summed E-state index contributed by atoms with van der Waals surface area (Å²) >= 11 is 4.95. The molecule has 6 heteroatoms. The summed E-state index contributed by atoms with van der Waals surface area (Å²) in [4.78, 5) is 14.8. The number of halogens is 2. The lowest BCUT2D eigenvalue weighted by Crippen LogP contribution is -3.11. The van der Waals surface area contributed by atoms with Gasteiger partial charge in [0.1, 0.15) is 11.9 Å². The number of carbonyl (C=O) groups is 1. The van der Waals surface area contributed by atoms with Crippen LogP contribution in [0.1, 0.15) is 23.8 Å². The van der Waals surface area contributed by atoms with E-state index in [-0.39, 0.29) is 11.6 Å². The number of nitrogens with one attached hydrogen (secondary N) is 2. The van der Waals surface area contributed by atoms with Gasteiger partial charge >= 0.3 is 0 Å². The Hall–Kier alpha value is -1.24. The summed E-state index contributed by atoms with van der Waals surface area (Å²) in [6.45, 7) is 1.36. The fraction of sp³-hybridized carbons (Fsp3) is 0.312. The van der Waals surface area contributed by atoms with Crippen molar-refractivity contribution in [2.45, 2.75) is 18.9 Å². The van der Waals surface area contributed by atoms with E-state index >= 15 is 0 Å². The summed E-state index contributed by atoms with van der Waals surface area (Å²) in [5, 5.41) is 4.75. The quantitative estimate of drug-likeness (QED) is 0.835. The average molecular weight is 384 g/mol. The normalized spacial score (nSPS) is 21.0. The summed E-state index contributed by atoms with van der Waals surface area (Å²) in [6.07, 6.45) is 2.23. The van der Waals surface area contributed by atoms with E-state index in [0.29, 0.717) is 17.1 Å². The summed E-state index contributed by atoms with van der Waals surface area (Å²) in [5.74, 6) is -0.561. The van der Waals surface area contributed by atoms with E-state index in [0.717, 1.165) is 19.4 Å². The third-order valence-electron chi connectivity index (χ3n) is 3.96. The highest BCUT2D eigenvalue weighted by Crippen LogP contribution is 2.23. The van der Waals surface area contributed by atoms with Crippen molar-refractivity contribution in [1.29, 1.82) is 0 Å². The molecule has 2 atom stereocenters. The second-order valence-corrected chi connectivity index (χ2v) is 7.36. The van der Waals surface area contributed by atoms with E-state index in [4.69, 9.17) is 0 Å². The standard InChI is InChI=1S/C16H16BrFN2OS/c17-11-5-6-13(12(18)9-11)19-16(21)10-20-7-1-3-14(20)15-4-2-8-22-15/h2,4-6,8-9,14H,1,3,7,10H2,(H,19,21)/p+1/t14-/m0/s1. The van der Waals surface area contributed by atoms with Crippen molar-refractivity contribution in [2.75, 3.05) is 18.4 Å². The minimum Gasteiger partial charge on any atom is -0.320 e.